The average Bonchev–Trinajstić information content (AvgIpc) is 2.74. The predicted molar refractivity (Wildman–Crippen MR) is 128 cm³/mol. The number of rotatable bonds is 6. The van der Waals surface area contributed by atoms with E-state index in [1.165, 1.54) is 12.1 Å². The van der Waals surface area contributed by atoms with Crippen LogP contribution in [0.25, 0.3) is 0 Å². The Kier molecular flexibility index (Phi) is 6.74. The Hall–Kier alpha value is -3.12. The molecule has 0 fully saturated rings. The first kappa shape index (κ1) is 23.5. The number of aryl methyl sites for hydroxylation is 2. The van der Waals surface area contributed by atoms with Gasteiger partial charge in [0.1, 0.15) is 5.75 Å². The van der Waals surface area contributed by atoms with Crippen molar-refractivity contribution >= 4 is 21.6 Å². The molecule has 0 saturated carbocycles. The fraction of sp³-hybridized carbons (Fsp3) is 0.269. The van der Waals surface area contributed by atoms with Crippen LogP contribution < -0.4 is 9.04 Å². The number of sulfonamides is 1. The van der Waals surface area contributed by atoms with Crippen molar-refractivity contribution in [2.45, 2.75) is 44.9 Å². The quantitative estimate of drug-likeness (QED) is 0.503. The van der Waals surface area contributed by atoms with E-state index in [0.29, 0.717) is 5.75 Å². The van der Waals surface area contributed by atoms with Crippen molar-refractivity contribution in [3.8, 4) is 5.75 Å². The molecule has 1 amide bonds. The maximum Gasteiger partial charge on any atom is 0.278 e. The van der Waals surface area contributed by atoms with Gasteiger partial charge in [0.15, 0.2) is 6.61 Å². The van der Waals surface area contributed by atoms with E-state index in [1.807, 2.05) is 26.0 Å². The predicted octanol–water partition coefficient (Wildman–Crippen LogP) is 5.40. The van der Waals surface area contributed by atoms with Crippen LogP contribution in [-0.4, -0.2) is 20.9 Å². The fourth-order valence-electron chi connectivity index (χ4n) is 3.17. The molecular formula is C26H29NO4S. The topological polar surface area (TPSA) is 63.7 Å². The van der Waals surface area contributed by atoms with Crippen molar-refractivity contribution in [3.05, 3.63) is 89.5 Å². The maximum atomic E-state index is 13.4. The van der Waals surface area contributed by atoms with Crippen LogP contribution in [0.15, 0.2) is 77.7 Å². The van der Waals surface area contributed by atoms with E-state index >= 15 is 0 Å². The van der Waals surface area contributed by atoms with Gasteiger partial charge in [-0.05, 0) is 61.2 Å². The van der Waals surface area contributed by atoms with Crippen LogP contribution in [0.5, 0.6) is 5.75 Å². The first-order valence-corrected chi connectivity index (χ1v) is 11.9. The molecule has 3 aromatic rings. The first-order valence-electron chi connectivity index (χ1n) is 10.4. The Balaban J connectivity index is 1.88. The highest BCUT2D eigenvalue weighted by Crippen LogP contribution is 2.26. The van der Waals surface area contributed by atoms with Gasteiger partial charge in [-0.25, -0.2) is 8.42 Å². The van der Waals surface area contributed by atoms with Gasteiger partial charge in [0.05, 0.1) is 10.6 Å². The van der Waals surface area contributed by atoms with Crippen molar-refractivity contribution in [1.82, 2.24) is 0 Å². The molecule has 0 aromatic heterocycles. The van der Waals surface area contributed by atoms with Gasteiger partial charge in [-0.2, -0.15) is 4.31 Å². The molecule has 5 nitrogen and oxygen atoms in total. The monoisotopic (exact) mass is 451 g/mol. The molecule has 3 rings (SSSR count). The molecule has 0 unspecified atom stereocenters. The number of ether oxygens (including phenoxy) is 1. The van der Waals surface area contributed by atoms with Gasteiger partial charge in [-0.1, -0.05) is 68.3 Å². The van der Waals surface area contributed by atoms with Gasteiger partial charge in [0.2, 0.25) is 0 Å². The average molecular weight is 452 g/mol. The largest absolute Gasteiger partial charge is 0.484 e. The minimum Gasteiger partial charge on any atom is -0.484 e. The number of hydrogen-bond acceptors (Lipinski definition) is 4. The summed E-state index contributed by atoms with van der Waals surface area (Å²) in [6.45, 7) is 9.70. The lowest BCUT2D eigenvalue weighted by atomic mass is 9.87. The summed E-state index contributed by atoms with van der Waals surface area (Å²) < 4.78 is 33.2. The minimum atomic E-state index is -4.11. The summed E-state index contributed by atoms with van der Waals surface area (Å²) in [7, 11) is -4.11. The summed E-state index contributed by atoms with van der Waals surface area (Å²) in [5.41, 5.74) is 3.30. The van der Waals surface area contributed by atoms with Crippen molar-refractivity contribution in [1.29, 1.82) is 0 Å². The highest BCUT2D eigenvalue weighted by Gasteiger charge is 2.31. The number of amides is 1. The number of hydrogen-bond donors (Lipinski definition) is 0. The molecule has 0 aliphatic carbocycles. The summed E-state index contributed by atoms with van der Waals surface area (Å²) in [5, 5.41) is 0. The second-order valence-electron chi connectivity index (χ2n) is 8.87. The Labute approximate surface area is 190 Å². The summed E-state index contributed by atoms with van der Waals surface area (Å²) in [6, 6.07) is 20.7. The molecule has 32 heavy (non-hydrogen) atoms. The van der Waals surface area contributed by atoms with Gasteiger partial charge in [-0.15, -0.1) is 0 Å². The zero-order valence-corrected chi connectivity index (χ0v) is 19.9. The van der Waals surface area contributed by atoms with Crippen molar-refractivity contribution in [2.24, 2.45) is 0 Å². The molecule has 3 aromatic carbocycles. The number of nitrogens with zero attached hydrogens (tertiary/aromatic N) is 1. The smallest absolute Gasteiger partial charge is 0.278 e. The molecule has 0 aliphatic heterocycles. The molecule has 0 spiro atoms. The van der Waals surface area contributed by atoms with E-state index in [4.69, 9.17) is 4.74 Å². The lowest BCUT2D eigenvalue weighted by Crippen LogP contribution is -2.40. The van der Waals surface area contributed by atoms with Gasteiger partial charge in [0, 0.05) is 0 Å². The molecule has 6 heteroatoms. The molecule has 0 saturated heterocycles. The zero-order chi connectivity index (χ0) is 23.5. The number of benzene rings is 3. The van der Waals surface area contributed by atoms with Gasteiger partial charge >= 0.3 is 0 Å². The van der Waals surface area contributed by atoms with Crippen molar-refractivity contribution in [2.75, 3.05) is 10.9 Å². The molecule has 0 heterocycles. The summed E-state index contributed by atoms with van der Waals surface area (Å²) >= 11 is 0. The first-order chi connectivity index (χ1) is 15.0. The summed E-state index contributed by atoms with van der Waals surface area (Å²) in [6.07, 6.45) is 0. The number of carbonyl (C=O) groups is 1. The normalized spacial score (nSPS) is 11.8. The molecule has 0 N–H and O–H groups in total. The standard InChI is InChI=1S/C26H29NO4S/c1-19-6-12-22(13-7-19)27(32(29,30)24-16-8-20(2)9-17-24)25(28)18-31-23-14-10-21(11-15-23)26(3,4)5/h6-17H,18H2,1-5H3. The van der Waals surface area contributed by atoms with Crippen LogP contribution in [-0.2, 0) is 20.2 Å². The fourth-order valence-corrected chi connectivity index (χ4v) is 4.58. The third kappa shape index (κ3) is 5.37. The second-order valence-corrected chi connectivity index (χ2v) is 10.7. The number of carbonyl (C=O) groups excluding carboxylic acids is 1. The Morgan fingerprint density at radius 3 is 1.81 bits per heavy atom. The highest BCUT2D eigenvalue weighted by molar-refractivity contribution is 7.93. The minimum absolute atomic E-state index is 0.00128. The SMILES string of the molecule is Cc1ccc(N(C(=O)COc2ccc(C(C)(C)C)cc2)S(=O)(=O)c2ccc(C)cc2)cc1. The van der Waals surface area contributed by atoms with E-state index in [2.05, 4.69) is 20.8 Å². The summed E-state index contributed by atoms with van der Waals surface area (Å²) in [4.78, 5) is 13.2. The molecule has 0 radical (unpaired) electrons. The third-order valence-electron chi connectivity index (χ3n) is 5.14. The van der Waals surface area contributed by atoms with E-state index in [9.17, 15) is 13.2 Å². The van der Waals surface area contributed by atoms with Gasteiger partial charge in [-0.3, -0.25) is 4.79 Å². The van der Waals surface area contributed by atoms with Gasteiger partial charge < -0.3 is 4.74 Å². The van der Waals surface area contributed by atoms with Crippen LogP contribution in [0, 0.1) is 13.8 Å². The Morgan fingerprint density at radius 2 is 1.31 bits per heavy atom. The second kappa shape index (κ2) is 9.17. The molecule has 0 aliphatic rings. The third-order valence-corrected chi connectivity index (χ3v) is 6.90. The maximum absolute atomic E-state index is 13.4. The van der Waals surface area contributed by atoms with E-state index < -0.39 is 22.5 Å². The Bertz CT molecular complexity index is 1170. The van der Waals surface area contributed by atoms with E-state index in [-0.39, 0.29) is 16.0 Å². The highest BCUT2D eigenvalue weighted by atomic mass is 32.2. The van der Waals surface area contributed by atoms with Crippen molar-refractivity contribution in [3.63, 3.8) is 0 Å². The Morgan fingerprint density at radius 1 is 0.812 bits per heavy atom. The molecule has 0 bridgehead atoms. The lowest BCUT2D eigenvalue weighted by Gasteiger charge is -2.23. The summed E-state index contributed by atoms with van der Waals surface area (Å²) in [5.74, 6) is -0.169. The molecule has 0 atom stereocenters. The van der Waals surface area contributed by atoms with Gasteiger partial charge in [0.25, 0.3) is 15.9 Å². The van der Waals surface area contributed by atoms with E-state index in [0.717, 1.165) is 21.0 Å². The van der Waals surface area contributed by atoms with E-state index in [1.54, 1.807) is 48.5 Å². The molecular weight excluding hydrogens is 422 g/mol. The van der Waals surface area contributed by atoms with Crippen LogP contribution in [0.4, 0.5) is 5.69 Å². The van der Waals surface area contributed by atoms with Crippen LogP contribution in [0.1, 0.15) is 37.5 Å². The zero-order valence-electron chi connectivity index (χ0n) is 19.1. The van der Waals surface area contributed by atoms with Crippen LogP contribution in [0.3, 0.4) is 0 Å². The van der Waals surface area contributed by atoms with Crippen molar-refractivity contribution < 1.29 is 17.9 Å². The lowest BCUT2D eigenvalue weighted by molar-refractivity contribution is -0.119. The van der Waals surface area contributed by atoms with Crippen LogP contribution >= 0.6 is 0 Å². The van der Waals surface area contributed by atoms with Crippen LogP contribution in [0.2, 0.25) is 0 Å². The number of anilines is 1. The molecule has 168 valence electrons.